The molecule has 0 unspecified atom stereocenters. The maximum Gasteiger partial charge on any atom is 0.495 e. The van der Waals surface area contributed by atoms with Crippen molar-refractivity contribution in [2.24, 2.45) is 0 Å². The van der Waals surface area contributed by atoms with Crippen molar-refractivity contribution in [2.75, 3.05) is 7.11 Å². The van der Waals surface area contributed by atoms with Crippen LogP contribution in [0.3, 0.4) is 0 Å². The number of halogens is 4. The first-order valence-corrected chi connectivity index (χ1v) is 6.69. The number of hydrogen-bond donors (Lipinski definition) is 0. The fraction of sp³-hybridized carbons (Fsp3) is 0.571. The van der Waals surface area contributed by atoms with Gasteiger partial charge in [-0.15, -0.1) is 0 Å². The monoisotopic (exact) mass is 320 g/mol. The summed E-state index contributed by atoms with van der Waals surface area (Å²) in [5.74, 6) is -1.38. The molecule has 2 rings (SSSR count). The molecule has 0 atom stereocenters. The third-order valence-electron chi connectivity index (χ3n) is 4.14. The van der Waals surface area contributed by atoms with Crippen LogP contribution in [0.25, 0.3) is 0 Å². The first-order chi connectivity index (χ1) is 9.89. The Kier molecular flexibility index (Phi) is 3.98. The van der Waals surface area contributed by atoms with Gasteiger partial charge in [-0.05, 0) is 45.3 Å². The minimum absolute atomic E-state index is 0.399. The highest BCUT2D eigenvalue weighted by Gasteiger charge is 2.54. The van der Waals surface area contributed by atoms with E-state index in [0.717, 1.165) is 13.2 Å². The van der Waals surface area contributed by atoms with Crippen molar-refractivity contribution in [1.82, 2.24) is 0 Å². The van der Waals surface area contributed by atoms with Crippen molar-refractivity contribution in [3.05, 3.63) is 23.5 Å². The van der Waals surface area contributed by atoms with Crippen LogP contribution in [0.1, 0.15) is 33.3 Å². The number of benzene rings is 1. The number of ether oxygens (including phenoxy) is 1. The Labute approximate surface area is 126 Å². The average Bonchev–Trinajstić information content (AvgIpc) is 2.56. The fourth-order valence-electron chi connectivity index (χ4n) is 2.14. The van der Waals surface area contributed by atoms with Gasteiger partial charge in [-0.25, -0.2) is 4.39 Å². The second-order valence-corrected chi connectivity index (χ2v) is 6.16. The van der Waals surface area contributed by atoms with E-state index >= 15 is 0 Å². The van der Waals surface area contributed by atoms with E-state index in [9.17, 15) is 17.6 Å². The molecule has 1 aliphatic heterocycles. The smallest absolute Gasteiger partial charge is 0.494 e. The second-order valence-electron chi connectivity index (χ2n) is 6.16. The van der Waals surface area contributed by atoms with Crippen LogP contribution in [0, 0.1) is 5.82 Å². The summed E-state index contributed by atoms with van der Waals surface area (Å²) in [6.45, 7) is 6.83. The van der Waals surface area contributed by atoms with Crippen LogP contribution in [-0.2, 0) is 15.5 Å². The Bertz CT molecular complexity index is 568. The van der Waals surface area contributed by atoms with E-state index in [2.05, 4.69) is 4.74 Å². The summed E-state index contributed by atoms with van der Waals surface area (Å²) in [5.41, 5.74) is -3.08. The molecule has 0 radical (unpaired) electrons. The molecule has 0 N–H and O–H groups in total. The van der Waals surface area contributed by atoms with Crippen molar-refractivity contribution < 1.29 is 31.6 Å². The zero-order chi connectivity index (χ0) is 16.9. The summed E-state index contributed by atoms with van der Waals surface area (Å²) in [7, 11) is -0.199. The summed E-state index contributed by atoms with van der Waals surface area (Å²) in [4.78, 5) is 0. The van der Waals surface area contributed by atoms with Gasteiger partial charge in [-0.1, -0.05) is 0 Å². The number of methoxy groups -OCH3 is 1. The topological polar surface area (TPSA) is 27.7 Å². The van der Waals surface area contributed by atoms with Crippen LogP contribution < -0.4 is 10.2 Å². The predicted molar refractivity (Wildman–Crippen MR) is 73.7 cm³/mol. The molecule has 0 saturated carbocycles. The van der Waals surface area contributed by atoms with E-state index in [4.69, 9.17) is 9.31 Å². The van der Waals surface area contributed by atoms with E-state index in [1.165, 1.54) is 0 Å². The lowest BCUT2D eigenvalue weighted by Gasteiger charge is -2.32. The standard InChI is InChI=1S/C14H17BF4O3/c1-12(2)13(3,4)22-15(21-12)9-7-10(16)11(20-5)6-8(9)14(17,18)19/h6-7H,1-5H3. The molecule has 3 nitrogen and oxygen atoms in total. The summed E-state index contributed by atoms with van der Waals surface area (Å²) in [6.07, 6.45) is -4.68. The number of alkyl halides is 3. The average molecular weight is 320 g/mol. The van der Waals surface area contributed by atoms with Crippen molar-refractivity contribution in [2.45, 2.75) is 45.1 Å². The summed E-state index contributed by atoms with van der Waals surface area (Å²) in [6, 6.07) is 1.37. The Balaban J connectivity index is 2.54. The van der Waals surface area contributed by atoms with Gasteiger partial charge in [-0.3, -0.25) is 0 Å². The van der Waals surface area contributed by atoms with Crippen molar-refractivity contribution in [3.8, 4) is 5.75 Å². The fourth-order valence-corrected chi connectivity index (χ4v) is 2.14. The van der Waals surface area contributed by atoms with Gasteiger partial charge in [0.25, 0.3) is 0 Å². The van der Waals surface area contributed by atoms with E-state index in [1.807, 2.05) is 0 Å². The molecule has 1 saturated heterocycles. The Morgan fingerprint density at radius 2 is 1.55 bits per heavy atom. The largest absolute Gasteiger partial charge is 0.495 e. The molecule has 1 fully saturated rings. The summed E-state index contributed by atoms with van der Waals surface area (Å²) >= 11 is 0. The highest BCUT2D eigenvalue weighted by molar-refractivity contribution is 6.62. The molecule has 0 bridgehead atoms. The zero-order valence-corrected chi connectivity index (χ0v) is 13.0. The van der Waals surface area contributed by atoms with Crippen LogP contribution in [-0.4, -0.2) is 25.4 Å². The van der Waals surface area contributed by atoms with Crippen LogP contribution in [0.4, 0.5) is 17.6 Å². The lowest BCUT2D eigenvalue weighted by atomic mass is 9.75. The van der Waals surface area contributed by atoms with Gasteiger partial charge in [0.05, 0.1) is 23.9 Å². The van der Waals surface area contributed by atoms with Gasteiger partial charge >= 0.3 is 13.3 Å². The zero-order valence-electron chi connectivity index (χ0n) is 13.0. The minimum atomic E-state index is -4.68. The number of rotatable bonds is 2. The van der Waals surface area contributed by atoms with Crippen molar-refractivity contribution >= 4 is 12.6 Å². The van der Waals surface area contributed by atoms with Gasteiger partial charge < -0.3 is 14.0 Å². The molecule has 1 aliphatic rings. The molecule has 1 heterocycles. The molecule has 0 amide bonds. The van der Waals surface area contributed by atoms with Gasteiger partial charge in [0.15, 0.2) is 11.6 Å². The lowest BCUT2D eigenvalue weighted by molar-refractivity contribution is -0.137. The first kappa shape index (κ1) is 17.1. The SMILES string of the molecule is COc1cc(C(F)(F)F)c(B2OC(C)(C)C(C)(C)O2)cc1F. The third kappa shape index (κ3) is 2.81. The molecule has 1 aromatic carbocycles. The van der Waals surface area contributed by atoms with Crippen LogP contribution in [0.15, 0.2) is 12.1 Å². The molecular formula is C14H17BF4O3. The first-order valence-electron chi connectivity index (χ1n) is 6.69. The van der Waals surface area contributed by atoms with E-state index in [-0.39, 0.29) is 0 Å². The maximum absolute atomic E-state index is 13.9. The molecule has 0 spiro atoms. The Morgan fingerprint density at radius 1 is 1.05 bits per heavy atom. The molecule has 0 aliphatic carbocycles. The van der Waals surface area contributed by atoms with Crippen LogP contribution >= 0.6 is 0 Å². The molecule has 8 heteroatoms. The second kappa shape index (κ2) is 5.13. The van der Waals surface area contributed by atoms with E-state index in [1.54, 1.807) is 27.7 Å². The van der Waals surface area contributed by atoms with Crippen molar-refractivity contribution in [3.63, 3.8) is 0 Å². The van der Waals surface area contributed by atoms with E-state index in [0.29, 0.717) is 6.07 Å². The van der Waals surface area contributed by atoms with Gasteiger partial charge in [-0.2, -0.15) is 13.2 Å². The van der Waals surface area contributed by atoms with Gasteiger partial charge in [0.1, 0.15) is 0 Å². The van der Waals surface area contributed by atoms with E-state index < -0.39 is 47.1 Å². The molecule has 0 aromatic heterocycles. The van der Waals surface area contributed by atoms with Gasteiger partial charge in [0.2, 0.25) is 0 Å². The molecular weight excluding hydrogens is 303 g/mol. The summed E-state index contributed by atoms with van der Waals surface area (Å²) in [5, 5.41) is 0. The van der Waals surface area contributed by atoms with Gasteiger partial charge in [0, 0.05) is 0 Å². The highest BCUT2D eigenvalue weighted by Crippen LogP contribution is 2.39. The molecule has 22 heavy (non-hydrogen) atoms. The molecule has 122 valence electrons. The third-order valence-corrected chi connectivity index (χ3v) is 4.14. The normalized spacial score (nSPS) is 20.3. The summed E-state index contributed by atoms with van der Waals surface area (Å²) < 4.78 is 69.4. The molecule has 1 aromatic rings. The maximum atomic E-state index is 13.9. The lowest BCUT2D eigenvalue weighted by Crippen LogP contribution is -2.41. The Hall–Kier alpha value is -1.28. The number of hydrogen-bond acceptors (Lipinski definition) is 3. The Morgan fingerprint density at radius 3 is 1.95 bits per heavy atom. The quantitative estimate of drug-likeness (QED) is 0.619. The van der Waals surface area contributed by atoms with Crippen molar-refractivity contribution in [1.29, 1.82) is 0 Å². The minimum Gasteiger partial charge on any atom is -0.494 e. The predicted octanol–water partition coefficient (Wildman–Crippen LogP) is 3.15. The van der Waals surface area contributed by atoms with Crippen LogP contribution in [0.5, 0.6) is 5.75 Å². The van der Waals surface area contributed by atoms with Crippen LogP contribution in [0.2, 0.25) is 0 Å². The highest BCUT2D eigenvalue weighted by atomic mass is 19.4.